The number of aryl methyl sites for hydroxylation is 3. The lowest BCUT2D eigenvalue weighted by molar-refractivity contribution is 0.525. The van der Waals surface area contributed by atoms with E-state index in [1.54, 1.807) is 22.3 Å². The molecule has 0 amide bonds. The van der Waals surface area contributed by atoms with Crippen LogP contribution in [-0.4, -0.2) is 0 Å². The first-order chi connectivity index (χ1) is 32.8. The fourth-order valence-corrected chi connectivity index (χ4v) is 11.1. The molecule has 0 nitrogen and oxygen atoms in total. The van der Waals surface area contributed by atoms with Gasteiger partial charge in [0.15, 0.2) is 0 Å². The van der Waals surface area contributed by atoms with E-state index in [2.05, 4.69) is 39.8 Å². The van der Waals surface area contributed by atoms with Crippen molar-refractivity contribution in [2.24, 2.45) is 0 Å². The first-order valence-corrected chi connectivity index (χ1v) is 31.7. The smallest absolute Gasteiger partial charge is 0.0273 e. The fourth-order valence-electron chi connectivity index (χ4n) is 11.1. The second kappa shape index (κ2) is 53.6. The van der Waals surface area contributed by atoms with E-state index in [9.17, 15) is 0 Å². The topological polar surface area (TPSA) is 0 Å². The number of unbranched alkanes of at least 4 members (excludes halogenated alkanes) is 48. The van der Waals surface area contributed by atoms with Crippen LogP contribution in [0.15, 0.2) is 12.1 Å². The summed E-state index contributed by atoms with van der Waals surface area (Å²) in [6.07, 6.45) is 80.3. The molecule has 1 aromatic rings. The van der Waals surface area contributed by atoms with Gasteiger partial charge >= 0.3 is 0 Å². The normalized spacial score (nSPS) is 11.7. The maximum Gasteiger partial charge on any atom is -0.0273 e. The van der Waals surface area contributed by atoms with E-state index in [0.717, 1.165) is 12.8 Å². The van der Waals surface area contributed by atoms with Crippen LogP contribution >= 0.6 is 0 Å². The van der Waals surface area contributed by atoms with Gasteiger partial charge in [-0.3, -0.25) is 0 Å². The molecule has 0 fully saturated rings. The third-order valence-electron chi connectivity index (χ3n) is 15.6. The molecule has 0 atom stereocenters. The van der Waals surface area contributed by atoms with E-state index in [1.165, 1.54) is 347 Å². The molecule has 0 aromatic heterocycles. The Morgan fingerprint density at radius 3 is 0.606 bits per heavy atom. The first kappa shape index (κ1) is 63.2. The van der Waals surface area contributed by atoms with Crippen LogP contribution in [0.4, 0.5) is 0 Å². The molecule has 0 heteroatoms. The van der Waals surface area contributed by atoms with E-state index < -0.39 is 0 Å². The molecule has 1 aromatic carbocycles. The number of rotatable bonds is 56. The van der Waals surface area contributed by atoms with Crippen molar-refractivity contribution < 1.29 is 0 Å². The minimum Gasteiger partial charge on any atom is -0.0654 e. The summed E-state index contributed by atoms with van der Waals surface area (Å²) >= 11 is 0. The van der Waals surface area contributed by atoms with E-state index in [1.807, 2.05) is 0 Å². The Hall–Kier alpha value is -0.780. The van der Waals surface area contributed by atoms with E-state index in [0.29, 0.717) is 0 Å². The Balaban J connectivity index is 2.45. The highest BCUT2D eigenvalue weighted by Gasteiger charge is 2.12. The van der Waals surface area contributed by atoms with Crippen LogP contribution in [0, 0.1) is 6.92 Å². The largest absolute Gasteiger partial charge is 0.0654 e. The predicted molar refractivity (Wildman–Crippen MR) is 304 cm³/mol. The highest BCUT2D eigenvalue weighted by Crippen LogP contribution is 2.27. The lowest BCUT2D eigenvalue weighted by Gasteiger charge is -2.18. The molecular formula is C66H125. The maximum absolute atomic E-state index is 4.29. The minimum absolute atomic E-state index is 1.02. The zero-order valence-corrected chi connectivity index (χ0v) is 46.5. The van der Waals surface area contributed by atoms with Crippen LogP contribution in [0.1, 0.15) is 377 Å². The van der Waals surface area contributed by atoms with E-state index in [-0.39, 0.29) is 0 Å². The van der Waals surface area contributed by atoms with Gasteiger partial charge in [-0.05, 0) is 73.6 Å². The summed E-state index contributed by atoms with van der Waals surface area (Å²) in [5.41, 5.74) is 6.85. The molecule has 1 radical (unpaired) electrons. The van der Waals surface area contributed by atoms with Gasteiger partial charge in [0, 0.05) is 0 Å². The Morgan fingerprint density at radius 2 is 0.409 bits per heavy atom. The van der Waals surface area contributed by atoms with Gasteiger partial charge in [0.25, 0.3) is 0 Å². The summed E-state index contributed by atoms with van der Waals surface area (Å²) in [5.74, 6) is 0. The van der Waals surface area contributed by atoms with Crippen molar-refractivity contribution in [3.63, 3.8) is 0 Å². The predicted octanol–water partition coefficient (Wildman–Crippen LogP) is 24.0. The van der Waals surface area contributed by atoms with Crippen molar-refractivity contribution in [2.45, 2.75) is 380 Å². The lowest BCUT2D eigenvalue weighted by Crippen LogP contribution is -2.04. The second-order valence-electron chi connectivity index (χ2n) is 22.2. The van der Waals surface area contributed by atoms with Crippen LogP contribution in [0.5, 0.6) is 0 Å². The zero-order valence-electron chi connectivity index (χ0n) is 46.5. The molecular weight excluding hydrogens is 793 g/mol. The SMILES string of the molecule is [CH2]CCc1cc(CCCCCCCCCCCCCCCCCCC)c(CCCCCCCCCCCCCCCCCCC)c(CCCCCCCCCCCCCCCCCCC)c1. The van der Waals surface area contributed by atoms with Crippen LogP contribution in [0.25, 0.3) is 0 Å². The zero-order chi connectivity index (χ0) is 47.3. The van der Waals surface area contributed by atoms with Gasteiger partial charge in [-0.15, -0.1) is 0 Å². The molecule has 0 aliphatic heterocycles. The van der Waals surface area contributed by atoms with Gasteiger partial charge < -0.3 is 0 Å². The molecule has 0 spiro atoms. The maximum atomic E-state index is 4.29. The van der Waals surface area contributed by atoms with Crippen LogP contribution in [-0.2, 0) is 25.7 Å². The molecule has 0 saturated carbocycles. The summed E-state index contributed by atoms with van der Waals surface area (Å²) in [5, 5.41) is 0. The standard InChI is InChI=1S/C66H125/c1-5-9-12-15-18-21-24-27-30-33-36-39-42-45-48-51-54-58-64-61-63(57-8-4)62-65(59-55-52-49-46-43-40-37-34-31-28-25-22-19-16-13-10-6-2)66(64)60-56-53-50-47-44-41-38-35-32-29-26-23-20-17-14-11-7-3/h61-62H,4-60H2,1-3H3. The summed E-state index contributed by atoms with van der Waals surface area (Å²) in [6.45, 7) is 11.3. The highest BCUT2D eigenvalue weighted by atomic mass is 14.2. The van der Waals surface area contributed by atoms with Crippen LogP contribution < -0.4 is 0 Å². The average Bonchev–Trinajstić information content (AvgIpc) is 3.32. The molecule has 0 aliphatic carbocycles. The molecule has 1 rings (SSSR count). The van der Waals surface area contributed by atoms with Crippen molar-refractivity contribution in [3.8, 4) is 0 Å². The molecule has 389 valence electrons. The van der Waals surface area contributed by atoms with E-state index in [4.69, 9.17) is 0 Å². The molecule has 0 saturated heterocycles. The van der Waals surface area contributed by atoms with Crippen molar-refractivity contribution in [1.82, 2.24) is 0 Å². The number of benzene rings is 1. The Morgan fingerprint density at radius 1 is 0.227 bits per heavy atom. The van der Waals surface area contributed by atoms with Crippen LogP contribution in [0.2, 0.25) is 0 Å². The van der Waals surface area contributed by atoms with Gasteiger partial charge in [-0.1, -0.05) is 348 Å². The fraction of sp³-hybridized carbons (Fsp3) is 0.894. The first-order valence-electron chi connectivity index (χ1n) is 31.7. The Bertz CT molecular complexity index is 991. The van der Waals surface area contributed by atoms with Crippen molar-refractivity contribution in [1.29, 1.82) is 0 Å². The number of hydrogen-bond donors (Lipinski definition) is 0. The van der Waals surface area contributed by atoms with Gasteiger partial charge in [0.05, 0.1) is 0 Å². The molecule has 0 unspecified atom stereocenters. The summed E-state index contributed by atoms with van der Waals surface area (Å²) in [7, 11) is 0. The molecule has 0 heterocycles. The van der Waals surface area contributed by atoms with Crippen molar-refractivity contribution in [2.75, 3.05) is 0 Å². The minimum atomic E-state index is 1.02. The van der Waals surface area contributed by atoms with Gasteiger partial charge in [-0.25, -0.2) is 0 Å². The summed E-state index contributed by atoms with van der Waals surface area (Å²) in [6, 6.07) is 5.30. The lowest BCUT2D eigenvalue weighted by atomic mass is 9.87. The monoisotopic (exact) mass is 918 g/mol. The van der Waals surface area contributed by atoms with Crippen LogP contribution in [0.3, 0.4) is 0 Å². The molecule has 0 N–H and O–H groups in total. The van der Waals surface area contributed by atoms with Gasteiger partial charge in [-0.2, -0.15) is 0 Å². The number of hydrogen-bond acceptors (Lipinski definition) is 0. The Kier molecular flexibility index (Phi) is 51.3. The third kappa shape index (κ3) is 43.3. The average molecular weight is 919 g/mol. The molecule has 0 bridgehead atoms. The van der Waals surface area contributed by atoms with Gasteiger partial charge in [0.2, 0.25) is 0 Å². The highest BCUT2D eigenvalue weighted by molar-refractivity contribution is 5.40. The quantitative estimate of drug-likeness (QED) is 0.0571. The summed E-state index contributed by atoms with van der Waals surface area (Å²) in [4.78, 5) is 0. The Labute approximate surface area is 419 Å². The summed E-state index contributed by atoms with van der Waals surface area (Å²) < 4.78 is 0. The molecule has 66 heavy (non-hydrogen) atoms. The van der Waals surface area contributed by atoms with Crippen molar-refractivity contribution in [3.05, 3.63) is 41.3 Å². The third-order valence-corrected chi connectivity index (χ3v) is 15.6. The van der Waals surface area contributed by atoms with Crippen molar-refractivity contribution >= 4 is 0 Å². The molecule has 0 aliphatic rings. The van der Waals surface area contributed by atoms with E-state index >= 15 is 0 Å². The van der Waals surface area contributed by atoms with Gasteiger partial charge in [0.1, 0.15) is 0 Å². The second-order valence-corrected chi connectivity index (χ2v) is 22.2.